The normalized spacial score (nSPS) is 14.9. The number of rotatable bonds is 2. The molecule has 0 saturated carbocycles. The summed E-state index contributed by atoms with van der Waals surface area (Å²) in [5, 5.41) is 0. The Hall–Kier alpha value is -1.65. The molecule has 5 heteroatoms. The summed E-state index contributed by atoms with van der Waals surface area (Å²) >= 11 is 0. The molecule has 2 rings (SSSR count). The highest BCUT2D eigenvalue weighted by Crippen LogP contribution is 2.27. The number of fused-ring (bicyclic) bond motifs is 1. The summed E-state index contributed by atoms with van der Waals surface area (Å²) in [5.74, 6) is -0.400. The van der Waals surface area contributed by atoms with E-state index in [0.717, 1.165) is 10.5 Å². The molecule has 0 aromatic heterocycles. The minimum atomic E-state index is -2.51. The van der Waals surface area contributed by atoms with Crippen molar-refractivity contribution in [2.24, 2.45) is 0 Å². The van der Waals surface area contributed by atoms with Crippen LogP contribution in [0, 0.1) is 0 Å². The smallest absolute Gasteiger partial charge is 0.256 e. The van der Waals surface area contributed by atoms with Crippen molar-refractivity contribution in [2.45, 2.75) is 13.0 Å². The zero-order valence-corrected chi connectivity index (χ0v) is 7.91. The fourth-order valence-corrected chi connectivity index (χ4v) is 1.76. The maximum absolute atomic E-state index is 12.2. The minimum absolute atomic E-state index is 0.226. The second-order valence-corrected chi connectivity index (χ2v) is 3.46. The van der Waals surface area contributed by atoms with Crippen molar-refractivity contribution in [3.05, 3.63) is 29.3 Å². The quantitative estimate of drug-likeness (QED) is 0.755. The standard InChI is InChI=1S/C10H10F2N2O/c11-8(12)5-14-4-6-2-1-3-7(13)9(6)10(14)15/h1-3,8H,4-5,13H2. The number of carbonyl (C=O) groups excluding carboxylic acids is 1. The average Bonchev–Trinajstić information content (AvgIpc) is 2.44. The first-order valence-corrected chi connectivity index (χ1v) is 4.54. The number of amides is 1. The molecule has 0 saturated heterocycles. The zero-order valence-electron chi connectivity index (χ0n) is 7.91. The number of nitrogens with two attached hydrogens (primary N) is 1. The first kappa shape index (κ1) is 9.89. The number of hydrogen-bond donors (Lipinski definition) is 1. The summed E-state index contributed by atoms with van der Waals surface area (Å²) in [4.78, 5) is 12.8. The van der Waals surface area contributed by atoms with Gasteiger partial charge in [-0.1, -0.05) is 12.1 Å². The van der Waals surface area contributed by atoms with Crippen molar-refractivity contribution in [3.63, 3.8) is 0 Å². The van der Waals surface area contributed by atoms with Gasteiger partial charge in [0, 0.05) is 12.2 Å². The van der Waals surface area contributed by atoms with E-state index in [-0.39, 0.29) is 6.54 Å². The lowest BCUT2D eigenvalue weighted by atomic mass is 10.1. The fraction of sp³-hybridized carbons (Fsp3) is 0.300. The van der Waals surface area contributed by atoms with Crippen LogP contribution in [-0.4, -0.2) is 23.8 Å². The van der Waals surface area contributed by atoms with Gasteiger partial charge >= 0.3 is 0 Å². The van der Waals surface area contributed by atoms with Crippen molar-refractivity contribution >= 4 is 11.6 Å². The predicted molar refractivity (Wildman–Crippen MR) is 51.6 cm³/mol. The number of carbonyl (C=O) groups is 1. The van der Waals surface area contributed by atoms with E-state index in [2.05, 4.69) is 0 Å². The monoisotopic (exact) mass is 212 g/mol. The van der Waals surface area contributed by atoms with Gasteiger partial charge in [-0.3, -0.25) is 4.79 Å². The highest BCUT2D eigenvalue weighted by Gasteiger charge is 2.30. The van der Waals surface area contributed by atoms with E-state index >= 15 is 0 Å². The molecular formula is C10H10F2N2O. The molecule has 0 spiro atoms. The fourth-order valence-electron chi connectivity index (χ4n) is 1.76. The van der Waals surface area contributed by atoms with Gasteiger partial charge in [0.15, 0.2) is 0 Å². The largest absolute Gasteiger partial charge is 0.398 e. The number of nitrogen functional groups attached to an aromatic ring is 1. The summed E-state index contributed by atoms with van der Waals surface area (Å²) in [5.41, 5.74) is 7.07. The van der Waals surface area contributed by atoms with E-state index in [0.29, 0.717) is 11.3 Å². The van der Waals surface area contributed by atoms with Gasteiger partial charge in [0.2, 0.25) is 0 Å². The van der Waals surface area contributed by atoms with Crippen LogP contribution in [0.25, 0.3) is 0 Å². The molecule has 0 bridgehead atoms. The first-order valence-electron chi connectivity index (χ1n) is 4.54. The lowest BCUT2D eigenvalue weighted by molar-refractivity contribution is 0.0578. The van der Waals surface area contributed by atoms with Crippen molar-refractivity contribution < 1.29 is 13.6 Å². The van der Waals surface area contributed by atoms with E-state index in [9.17, 15) is 13.6 Å². The van der Waals surface area contributed by atoms with E-state index in [1.54, 1.807) is 18.2 Å². The number of nitrogens with zero attached hydrogens (tertiary/aromatic N) is 1. The molecule has 1 aromatic carbocycles. The summed E-state index contributed by atoms with van der Waals surface area (Å²) in [6.45, 7) is -0.309. The molecule has 1 aliphatic rings. The molecule has 15 heavy (non-hydrogen) atoms. The number of benzene rings is 1. The summed E-state index contributed by atoms with van der Waals surface area (Å²) in [6.07, 6.45) is -2.51. The summed E-state index contributed by atoms with van der Waals surface area (Å²) in [6, 6.07) is 5.05. The Kier molecular flexibility index (Phi) is 2.30. The summed E-state index contributed by atoms with van der Waals surface area (Å²) < 4.78 is 24.3. The Labute approximate surface area is 85.5 Å². The van der Waals surface area contributed by atoms with Crippen LogP contribution < -0.4 is 5.73 Å². The Bertz CT molecular complexity index is 406. The molecule has 0 atom stereocenters. The van der Waals surface area contributed by atoms with Crippen LogP contribution in [0.5, 0.6) is 0 Å². The number of alkyl halides is 2. The van der Waals surface area contributed by atoms with Gasteiger partial charge in [0.25, 0.3) is 12.3 Å². The average molecular weight is 212 g/mol. The third-order valence-electron chi connectivity index (χ3n) is 2.40. The maximum atomic E-state index is 12.2. The summed E-state index contributed by atoms with van der Waals surface area (Å²) in [7, 11) is 0. The lowest BCUT2D eigenvalue weighted by Crippen LogP contribution is -2.29. The van der Waals surface area contributed by atoms with Gasteiger partial charge in [-0.2, -0.15) is 0 Å². The van der Waals surface area contributed by atoms with Crippen LogP contribution in [0.1, 0.15) is 15.9 Å². The van der Waals surface area contributed by atoms with E-state index in [4.69, 9.17) is 5.73 Å². The van der Waals surface area contributed by atoms with Crippen LogP contribution >= 0.6 is 0 Å². The SMILES string of the molecule is Nc1cccc2c1C(=O)N(CC(F)F)C2. The molecule has 0 unspecified atom stereocenters. The Morgan fingerprint density at radius 1 is 1.47 bits per heavy atom. The predicted octanol–water partition coefficient (Wildman–Crippen LogP) is 1.49. The molecule has 2 N–H and O–H groups in total. The van der Waals surface area contributed by atoms with E-state index in [1.807, 2.05) is 0 Å². The van der Waals surface area contributed by atoms with Gasteiger partial charge in [0.1, 0.15) is 0 Å². The van der Waals surface area contributed by atoms with Crippen molar-refractivity contribution in [1.29, 1.82) is 0 Å². The van der Waals surface area contributed by atoms with Gasteiger partial charge in [0.05, 0.1) is 12.1 Å². The van der Waals surface area contributed by atoms with E-state index in [1.165, 1.54) is 0 Å². The van der Waals surface area contributed by atoms with Gasteiger partial charge < -0.3 is 10.6 Å². The highest BCUT2D eigenvalue weighted by atomic mass is 19.3. The third kappa shape index (κ3) is 1.65. The van der Waals surface area contributed by atoms with Crippen LogP contribution in [0.3, 0.4) is 0 Å². The molecule has 3 nitrogen and oxygen atoms in total. The molecule has 1 aromatic rings. The maximum Gasteiger partial charge on any atom is 0.256 e. The van der Waals surface area contributed by atoms with Crippen LogP contribution in [0.15, 0.2) is 18.2 Å². The van der Waals surface area contributed by atoms with Crippen LogP contribution in [0.2, 0.25) is 0 Å². The van der Waals surface area contributed by atoms with E-state index < -0.39 is 18.9 Å². The molecule has 0 aliphatic carbocycles. The Morgan fingerprint density at radius 3 is 2.80 bits per heavy atom. The molecule has 0 radical (unpaired) electrons. The number of halogens is 2. The van der Waals surface area contributed by atoms with Crippen molar-refractivity contribution in [1.82, 2.24) is 4.90 Å². The van der Waals surface area contributed by atoms with Crippen molar-refractivity contribution in [2.75, 3.05) is 12.3 Å². The molecule has 80 valence electrons. The third-order valence-corrected chi connectivity index (χ3v) is 2.40. The molecule has 1 amide bonds. The zero-order chi connectivity index (χ0) is 11.0. The number of hydrogen-bond acceptors (Lipinski definition) is 2. The van der Waals surface area contributed by atoms with Gasteiger partial charge in [-0.05, 0) is 11.6 Å². The number of anilines is 1. The second kappa shape index (κ2) is 3.49. The van der Waals surface area contributed by atoms with Gasteiger partial charge in [-0.25, -0.2) is 8.78 Å². The van der Waals surface area contributed by atoms with Gasteiger partial charge in [-0.15, -0.1) is 0 Å². The van der Waals surface area contributed by atoms with Crippen LogP contribution in [-0.2, 0) is 6.54 Å². The van der Waals surface area contributed by atoms with Crippen molar-refractivity contribution in [3.8, 4) is 0 Å². The van der Waals surface area contributed by atoms with Crippen LogP contribution in [0.4, 0.5) is 14.5 Å². The molecule has 1 aliphatic heterocycles. The molecule has 1 heterocycles. The molecule has 0 fully saturated rings. The first-order chi connectivity index (χ1) is 7.09. The Balaban J connectivity index is 2.30. The minimum Gasteiger partial charge on any atom is -0.398 e. The highest BCUT2D eigenvalue weighted by molar-refractivity contribution is 6.03. The Morgan fingerprint density at radius 2 is 2.20 bits per heavy atom. The molecular weight excluding hydrogens is 202 g/mol. The lowest BCUT2D eigenvalue weighted by Gasteiger charge is -2.14. The second-order valence-electron chi connectivity index (χ2n) is 3.46. The topological polar surface area (TPSA) is 46.3 Å².